The minimum atomic E-state index is -0.514. The molecule has 1 aliphatic rings. The summed E-state index contributed by atoms with van der Waals surface area (Å²) >= 11 is 0. The van der Waals surface area contributed by atoms with Gasteiger partial charge in [-0.15, -0.1) is 0 Å². The molecule has 25 heavy (non-hydrogen) atoms. The van der Waals surface area contributed by atoms with E-state index in [1.54, 1.807) is 31.4 Å². The molecule has 1 unspecified atom stereocenters. The van der Waals surface area contributed by atoms with E-state index in [2.05, 4.69) is 29.8 Å². The van der Waals surface area contributed by atoms with E-state index in [0.29, 0.717) is 23.8 Å². The molecule has 3 N–H and O–H groups in total. The van der Waals surface area contributed by atoms with Crippen LogP contribution in [-0.2, 0) is 4.79 Å². The zero-order chi connectivity index (χ0) is 18.2. The lowest BCUT2D eigenvalue weighted by Gasteiger charge is -2.30. The average molecular weight is 347 g/mol. The van der Waals surface area contributed by atoms with E-state index in [0.717, 1.165) is 25.9 Å². The number of ether oxygens (including phenoxy) is 1. The molecule has 1 saturated heterocycles. The van der Waals surface area contributed by atoms with Crippen molar-refractivity contribution in [3.05, 3.63) is 29.8 Å². The highest BCUT2D eigenvalue weighted by molar-refractivity contribution is 5.97. The lowest BCUT2D eigenvalue weighted by atomic mass is 9.89. The van der Waals surface area contributed by atoms with Gasteiger partial charge in [0, 0.05) is 12.1 Å². The first-order valence-electron chi connectivity index (χ1n) is 8.94. The Hall–Kier alpha value is -2.08. The molecule has 6 heteroatoms. The van der Waals surface area contributed by atoms with Gasteiger partial charge in [-0.05, 0) is 56.0 Å². The fraction of sp³-hybridized carbons (Fsp3) is 0.579. The maximum Gasteiger partial charge on any atom is 0.252 e. The molecule has 1 aromatic rings. The maximum atomic E-state index is 12.7. The second-order valence-corrected chi connectivity index (χ2v) is 6.91. The molecule has 0 aromatic heterocycles. The molecule has 1 aromatic carbocycles. The second kappa shape index (κ2) is 9.42. The third-order valence-electron chi connectivity index (χ3n) is 4.44. The topological polar surface area (TPSA) is 79.5 Å². The van der Waals surface area contributed by atoms with Crippen molar-refractivity contribution >= 4 is 11.8 Å². The summed E-state index contributed by atoms with van der Waals surface area (Å²) in [5, 5.41) is 9.20. The smallest absolute Gasteiger partial charge is 0.252 e. The van der Waals surface area contributed by atoms with Gasteiger partial charge in [0.25, 0.3) is 5.91 Å². The standard InChI is InChI=1S/C19H29N3O3/c1-13(2)12-21-19(24)17(14-7-9-20-10-8-14)22-18(23)15-5-4-6-16(11-15)25-3/h4-6,11,13-14,17,20H,7-10,12H2,1-3H3,(H,21,24)(H,22,23). The molecule has 1 heterocycles. The van der Waals surface area contributed by atoms with Crippen molar-refractivity contribution in [2.24, 2.45) is 11.8 Å². The van der Waals surface area contributed by atoms with Gasteiger partial charge in [-0.2, -0.15) is 0 Å². The van der Waals surface area contributed by atoms with Crippen molar-refractivity contribution in [3.63, 3.8) is 0 Å². The molecule has 6 nitrogen and oxygen atoms in total. The van der Waals surface area contributed by atoms with E-state index in [1.165, 1.54) is 0 Å². The molecule has 0 spiro atoms. The first-order valence-corrected chi connectivity index (χ1v) is 8.94. The summed E-state index contributed by atoms with van der Waals surface area (Å²) in [6.07, 6.45) is 1.75. The Labute approximate surface area is 149 Å². The van der Waals surface area contributed by atoms with Crippen LogP contribution in [0.5, 0.6) is 5.75 Å². The van der Waals surface area contributed by atoms with E-state index < -0.39 is 6.04 Å². The van der Waals surface area contributed by atoms with Crippen LogP contribution in [0.2, 0.25) is 0 Å². The lowest BCUT2D eigenvalue weighted by Crippen LogP contribution is -2.53. The Morgan fingerprint density at radius 1 is 1.28 bits per heavy atom. The molecule has 138 valence electrons. The van der Waals surface area contributed by atoms with Crippen LogP contribution < -0.4 is 20.7 Å². The highest BCUT2D eigenvalue weighted by Crippen LogP contribution is 2.18. The van der Waals surface area contributed by atoms with Crippen LogP contribution in [0.25, 0.3) is 0 Å². The van der Waals surface area contributed by atoms with Crippen molar-refractivity contribution in [1.29, 1.82) is 0 Å². The van der Waals surface area contributed by atoms with Crippen LogP contribution in [0.3, 0.4) is 0 Å². The van der Waals surface area contributed by atoms with E-state index in [4.69, 9.17) is 4.74 Å². The number of nitrogens with one attached hydrogen (secondary N) is 3. The van der Waals surface area contributed by atoms with Crippen LogP contribution in [0.1, 0.15) is 37.0 Å². The summed E-state index contributed by atoms with van der Waals surface area (Å²) in [6, 6.07) is 6.45. The fourth-order valence-electron chi connectivity index (χ4n) is 2.98. The number of carbonyl (C=O) groups excluding carboxylic acids is 2. The highest BCUT2D eigenvalue weighted by atomic mass is 16.5. The SMILES string of the molecule is COc1cccc(C(=O)NC(C(=O)NCC(C)C)C2CCNCC2)c1. The summed E-state index contributed by atoms with van der Waals surface area (Å²) in [5.41, 5.74) is 0.495. The van der Waals surface area contributed by atoms with Gasteiger partial charge in [-0.1, -0.05) is 19.9 Å². The van der Waals surface area contributed by atoms with Crippen LogP contribution in [0.15, 0.2) is 24.3 Å². The van der Waals surface area contributed by atoms with Gasteiger partial charge < -0.3 is 20.7 Å². The average Bonchev–Trinajstić information content (AvgIpc) is 2.64. The van der Waals surface area contributed by atoms with Crippen molar-refractivity contribution in [3.8, 4) is 5.75 Å². The van der Waals surface area contributed by atoms with E-state index >= 15 is 0 Å². The first-order chi connectivity index (χ1) is 12.0. The van der Waals surface area contributed by atoms with E-state index in [1.807, 2.05) is 0 Å². The van der Waals surface area contributed by atoms with Gasteiger partial charge in [0.15, 0.2) is 0 Å². The number of carbonyl (C=O) groups is 2. The number of piperidine rings is 1. The predicted octanol–water partition coefficient (Wildman–Crippen LogP) is 1.57. The van der Waals surface area contributed by atoms with E-state index in [9.17, 15) is 9.59 Å². The third-order valence-corrected chi connectivity index (χ3v) is 4.44. The van der Waals surface area contributed by atoms with Gasteiger partial charge in [-0.3, -0.25) is 9.59 Å². The number of hydrogen-bond donors (Lipinski definition) is 3. The normalized spacial score (nSPS) is 16.3. The van der Waals surface area contributed by atoms with Gasteiger partial charge >= 0.3 is 0 Å². The van der Waals surface area contributed by atoms with Gasteiger partial charge in [0.05, 0.1) is 7.11 Å². The Morgan fingerprint density at radius 2 is 2.00 bits per heavy atom. The molecular formula is C19H29N3O3. The Bertz CT molecular complexity index is 583. The monoisotopic (exact) mass is 347 g/mol. The number of amides is 2. The lowest BCUT2D eigenvalue weighted by molar-refractivity contribution is -0.124. The molecule has 0 radical (unpaired) electrons. The van der Waals surface area contributed by atoms with Crippen LogP contribution in [0, 0.1) is 11.8 Å². The van der Waals surface area contributed by atoms with Crippen molar-refractivity contribution in [1.82, 2.24) is 16.0 Å². The minimum Gasteiger partial charge on any atom is -0.497 e. The first kappa shape index (κ1) is 19.2. The summed E-state index contributed by atoms with van der Waals surface area (Å²) in [7, 11) is 1.56. The molecule has 0 saturated carbocycles. The molecule has 0 bridgehead atoms. The Morgan fingerprint density at radius 3 is 2.64 bits per heavy atom. The van der Waals surface area contributed by atoms with Crippen LogP contribution >= 0.6 is 0 Å². The van der Waals surface area contributed by atoms with Crippen molar-refractivity contribution in [2.45, 2.75) is 32.7 Å². The number of rotatable bonds is 7. The Balaban J connectivity index is 2.10. The highest BCUT2D eigenvalue weighted by Gasteiger charge is 2.31. The summed E-state index contributed by atoms with van der Waals surface area (Å²) in [4.78, 5) is 25.3. The summed E-state index contributed by atoms with van der Waals surface area (Å²) in [6.45, 7) is 6.44. The molecule has 1 aliphatic heterocycles. The number of hydrogen-bond acceptors (Lipinski definition) is 4. The van der Waals surface area contributed by atoms with Crippen molar-refractivity contribution < 1.29 is 14.3 Å². The van der Waals surface area contributed by atoms with Gasteiger partial charge in [-0.25, -0.2) is 0 Å². The van der Waals surface area contributed by atoms with Crippen LogP contribution in [-0.4, -0.2) is 44.6 Å². The van der Waals surface area contributed by atoms with Crippen LogP contribution in [0.4, 0.5) is 0 Å². The predicted molar refractivity (Wildman–Crippen MR) is 97.7 cm³/mol. The zero-order valence-corrected chi connectivity index (χ0v) is 15.3. The molecular weight excluding hydrogens is 318 g/mol. The summed E-state index contributed by atoms with van der Waals surface area (Å²) in [5.74, 6) is 0.781. The maximum absolute atomic E-state index is 12.7. The molecule has 2 rings (SSSR count). The van der Waals surface area contributed by atoms with Gasteiger partial charge in [0.1, 0.15) is 11.8 Å². The molecule has 1 fully saturated rings. The Kier molecular flexibility index (Phi) is 7.25. The number of methoxy groups -OCH3 is 1. The quantitative estimate of drug-likeness (QED) is 0.699. The second-order valence-electron chi connectivity index (χ2n) is 6.91. The summed E-state index contributed by atoms with van der Waals surface area (Å²) < 4.78 is 5.17. The molecule has 0 aliphatic carbocycles. The molecule has 1 atom stereocenters. The minimum absolute atomic E-state index is 0.100. The number of benzene rings is 1. The van der Waals surface area contributed by atoms with E-state index in [-0.39, 0.29) is 17.7 Å². The fourth-order valence-corrected chi connectivity index (χ4v) is 2.98. The van der Waals surface area contributed by atoms with Crippen molar-refractivity contribution in [2.75, 3.05) is 26.7 Å². The van der Waals surface area contributed by atoms with Gasteiger partial charge in [0.2, 0.25) is 5.91 Å². The zero-order valence-electron chi connectivity index (χ0n) is 15.3. The largest absolute Gasteiger partial charge is 0.497 e. The third kappa shape index (κ3) is 5.74. The molecule has 2 amide bonds.